The van der Waals surface area contributed by atoms with E-state index in [1.165, 1.54) is 0 Å². The summed E-state index contributed by atoms with van der Waals surface area (Å²) in [6.07, 6.45) is 3.39. The second-order valence-electron chi connectivity index (χ2n) is 4.12. The number of ether oxygens (including phenoxy) is 1. The normalized spacial score (nSPS) is 10.4. The van der Waals surface area contributed by atoms with E-state index in [1.54, 1.807) is 12.4 Å². The van der Waals surface area contributed by atoms with Gasteiger partial charge < -0.3 is 9.26 Å². The van der Waals surface area contributed by atoms with Crippen LogP contribution in [-0.2, 0) is 0 Å². The third-order valence-electron chi connectivity index (χ3n) is 2.76. The summed E-state index contributed by atoms with van der Waals surface area (Å²) in [5.74, 6) is 1.83. The zero-order chi connectivity index (χ0) is 13.8. The summed E-state index contributed by atoms with van der Waals surface area (Å²) in [7, 11) is 0. The van der Waals surface area contributed by atoms with Crippen molar-refractivity contribution < 1.29 is 9.26 Å². The van der Waals surface area contributed by atoms with Gasteiger partial charge in [0, 0.05) is 18.0 Å². The maximum atomic E-state index is 5.40. The van der Waals surface area contributed by atoms with E-state index in [1.807, 2.05) is 43.3 Å². The minimum Gasteiger partial charge on any atom is -0.494 e. The van der Waals surface area contributed by atoms with Gasteiger partial charge in [-0.05, 0) is 43.3 Å². The van der Waals surface area contributed by atoms with E-state index < -0.39 is 0 Å². The summed E-state index contributed by atoms with van der Waals surface area (Å²) in [5.41, 5.74) is 1.68. The zero-order valence-corrected chi connectivity index (χ0v) is 11.0. The first-order valence-electron chi connectivity index (χ1n) is 6.34. The molecule has 0 bridgehead atoms. The second-order valence-corrected chi connectivity index (χ2v) is 4.12. The molecule has 0 saturated heterocycles. The Balaban J connectivity index is 1.86. The molecule has 2 aromatic heterocycles. The highest BCUT2D eigenvalue weighted by Crippen LogP contribution is 2.23. The van der Waals surface area contributed by atoms with E-state index in [9.17, 15) is 0 Å². The van der Waals surface area contributed by atoms with Crippen LogP contribution in [0.25, 0.3) is 22.8 Å². The third-order valence-corrected chi connectivity index (χ3v) is 2.76. The molecule has 0 atom stereocenters. The van der Waals surface area contributed by atoms with Gasteiger partial charge in [0.05, 0.1) is 12.2 Å². The van der Waals surface area contributed by atoms with E-state index in [0.717, 1.165) is 16.9 Å². The van der Waals surface area contributed by atoms with Crippen LogP contribution >= 0.6 is 0 Å². The molecular weight excluding hydrogens is 254 g/mol. The summed E-state index contributed by atoms with van der Waals surface area (Å²) in [6, 6.07) is 11.3. The number of hydrogen-bond donors (Lipinski definition) is 0. The Labute approximate surface area is 116 Å². The van der Waals surface area contributed by atoms with Gasteiger partial charge in [-0.1, -0.05) is 5.16 Å². The highest BCUT2D eigenvalue weighted by molar-refractivity contribution is 5.59. The fourth-order valence-corrected chi connectivity index (χ4v) is 1.81. The van der Waals surface area contributed by atoms with Crippen molar-refractivity contribution in [2.24, 2.45) is 0 Å². The summed E-state index contributed by atoms with van der Waals surface area (Å²) >= 11 is 0. The zero-order valence-electron chi connectivity index (χ0n) is 11.0. The predicted molar refractivity (Wildman–Crippen MR) is 74.1 cm³/mol. The molecule has 5 nitrogen and oxygen atoms in total. The van der Waals surface area contributed by atoms with Crippen LogP contribution in [0.4, 0.5) is 0 Å². The van der Waals surface area contributed by atoms with Crippen molar-refractivity contribution in [1.82, 2.24) is 15.1 Å². The molecule has 0 aliphatic rings. The molecule has 0 fully saturated rings. The highest BCUT2D eigenvalue weighted by Gasteiger charge is 2.10. The van der Waals surface area contributed by atoms with E-state index in [4.69, 9.17) is 9.26 Å². The van der Waals surface area contributed by atoms with Crippen molar-refractivity contribution >= 4 is 0 Å². The van der Waals surface area contributed by atoms with E-state index in [0.29, 0.717) is 18.3 Å². The molecule has 3 rings (SSSR count). The molecule has 0 spiro atoms. The van der Waals surface area contributed by atoms with Gasteiger partial charge in [-0.15, -0.1) is 0 Å². The van der Waals surface area contributed by atoms with Gasteiger partial charge in [0.1, 0.15) is 5.75 Å². The van der Waals surface area contributed by atoms with Crippen LogP contribution in [0, 0.1) is 0 Å². The van der Waals surface area contributed by atoms with Gasteiger partial charge >= 0.3 is 0 Å². The second kappa shape index (κ2) is 5.52. The van der Waals surface area contributed by atoms with Crippen molar-refractivity contribution in [2.75, 3.05) is 6.61 Å². The van der Waals surface area contributed by atoms with Crippen LogP contribution in [0.1, 0.15) is 6.92 Å². The smallest absolute Gasteiger partial charge is 0.259 e. The standard InChI is InChI=1S/C15H13N3O2/c1-2-19-13-7-5-11(6-8-13)14-17-15(20-18-14)12-4-3-9-16-10-12/h3-10H,2H2,1H3. The van der Waals surface area contributed by atoms with Crippen LogP contribution < -0.4 is 4.74 Å². The molecular formula is C15H13N3O2. The SMILES string of the molecule is CCOc1ccc(-c2noc(-c3cccnc3)n2)cc1. The van der Waals surface area contributed by atoms with Crippen molar-refractivity contribution in [3.63, 3.8) is 0 Å². The summed E-state index contributed by atoms with van der Waals surface area (Å²) in [6.45, 7) is 2.60. The largest absolute Gasteiger partial charge is 0.494 e. The van der Waals surface area contributed by atoms with Crippen molar-refractivity contribution in [1.29, 1.82) is 0 Å². The maximum Gasteiger partial charge on any atom is 0.259 e. The molecule has 0 saturated carbocycles. The number of benzene rings is 1. The molecule has 20 heavy (non-hydrogen) atoms. The lowest BCUT2D eigenvalue weighted by Gasteiger charge is -2.02. The van der Waals surface area contributed by atoms with Crippen molar-refractivity contribution in [3.8, 4) is 28.6 Å². The number of rotatable bonds is 4. The summed E-state index contributed by atoms with van der Waals surface area (Å²) in [4.78, 5) is 8.40. The van der Waals surface area contributed by atoms with Crippen LogP contribution in [0.15, 0.2) is 53.3 Å². The average Bonchev–Trinajstić information content (AvgIpc) is 2.99. The molecule has 1 aromatic carbocycles. The molecule has 0 unspecified atom stereocenters. The van der Waals surface area contributed by atoms with Crippen molar-refractivity contribution in [2.45, 2.75) is 6.92 Å². The van der Waals surface area contributed by atoms with Gasteiger partial charge in [0.15, 0.2) is 0 Å². The lowest BCUT2D eigenvalue weighted by Crippen LogP contribution is -1.90. The Morgan fingerprint density at radius 1 is 1.10 bits per heavy atom. The van der Waals surface area contributed by atoms with E-state index >= 15 is 0 Å². The molecule has 5 heteroatoms. The lowest BCUT2D eigenvalue weighted by atomic mass is 10.2. The summed E-state index contributed by atoms with van der Waals surface area (Å²) in [5, 5.41) is 3.98. The number of aromatic nitrogens is 3. The van der Waals surface area contributed by atoms with Crippen LogP contribution in [0.3, 0.4) is 0 Å². The first-order chi connectivity index (χ1) is 9.86. The quantitative estimate of drug-likeness (QED) is 0.726. The van der Waals surface area contributed by atoms with Gasteiger partial charge in [-0.3, -0.25) is 4.98 Å². The molecule has 0 amide bonds. The lowest BCUT2D eigenvalue weighted by molar-refractivity contribution is 0.340. The third kappa shape index (κ3) is 2.51. The number of pyridine rings is 1. The molecule has 2 heterocycles. The first kappa shape index (κ1) is 12.3. The van der Waals surface area contributed by atoms with E-state index in [-0.39, 0.29) is 0 Å². The monoisotopic (exact) mass is 267 g/mol. The molecule has 100 valence electrons. The first-order valence-corrected chi connectivity index (χ1v) is 6.34. The molecule has 3 aromatic rings. The molecule has 0 N–H and O–H groups in total. The van der Waals surface area contributed by atoms with Crippen molar-refractivity contribution in [3.05, 3.63) is 48.8 Å². The molecule has 0 aliphatic heterocycles. The van der Waals surface area contributed by atoms with Gasteiger partial charge in [-0.2, -0.15) is 4.98 Å². The van der Waals surface area contributed by atoms with Crippen LogP contribution in [0.2, 0.25) is 0 Å². The van der Waals surface area contributed by atoms with Gasteiger partial charge in [-0.25, -0.2) is 0 Å². The van der Waals surface area contributed by atoms with Gasteiger partial charge in [0.25, 0.3) is 5.89 Å². The maximum absolute atomic E-state index is 5.40. The van der Waals surface area contributed by atoms with Crippen LogP contribution in [-0.4, -0.2) is 21.7 Å². The Kier molecular flexibility index (Phi) is 3.41. The Hall–Kier alpha value is -2.69. The average molecular weight is 267 g/mol. The molecule has 0 radical (unpaired) electrons. The van der Waals surface area contributed by atoms with E-state index in [2.05, 4.69) is 15.1 Å². The minimum atomic E-state index is 0.460. The fraction of sp³-hybridized carbons (Fsp3) is 0.133. The topological polar surface area (TPSA) is 61.0 Å². The van der Waals surface area contributed by atoms with Gasteiger partial charge in [0.2, 0.25) is 5.82 Å². The Morgan fingerprint density at radius 2 is 1.95 bits per heavy atom. The Morgan fingerprint density at radius 3 is 2.65 bits per heavy atom. The predicted octanol–water partition coefficient (Wildman–Crippen LogP) is 3.20. The Bertz CT molecular complexity index is 678. The fourth-order valence-electron chi connectivity index (χ4n) is 1.81. The number of hydrogen-bond acceptors (Lipinski definition) is 5. The summed E-state index contributed by atoms with van der Waals surface area (Å²) < 4.78 is 10.6. The minimum absolute atomic E-state index is 0.460. The highest BCUT2D eigenvalue weighted by atomic mass is 16.5. The number of nitrogens with zero attached hydrogens (tertiary/aromatic N) is 3. The molecule has 0 aliphatic carbocycles. The van der Waals surface area contributed by atoms with Crippen LogP contribution in [0.5, 0.6) is 5.75 Å².